The van der Waals surface area contributed by atoms with Gasteiger partial charge >= 0.3 is 0 Å². The third-order valence-corrected chi connectivity index (χ3v) is 5.43. The second kappa shape index (κ2) is 5.88. The summed E-state index contributed by atoms with van der Waals surface area (Å²) in [5, 5.41) is 10.7. The zero-order valence-electron chi connectivity index (χ0n) is 11.3. The number of hydrogen-bond donors (Lipinski definition) is 1. The lowest BCUT2D eigenvalue weighted by Crippen LogP contribution is -2.49. The van der Waals surface area contributed by atoms with Crippen molar-refractivity contribution in [3.8, 4) is 0 Å². The Balaban J connectivity index is 2.20. The summed E-state index contributed by atoms with van der Waals surface area (Å²) in [5.74, 6) is 0. The van der Waals surface area contributed by atoms with Crippen molar-refractivity contribution in [2.45, 2.75) is 29.8 Å². The van der Waals surface area contributed by atoms with Gasteiger partial charge in [0.1, 0.15) is 5.02 Å². The fraction of sp³-hybridized carbons (Fsp3) is 0.500. The second-order valence-electron chi connectivity index (χ2n) is 4.94. The maximum absolute atomic E-state index is 12.2. The molecule has 0 radical (unpaired) electrons. The van der Waals surface area contributed by atoms with E-state index in [0.29, 0.717) is 0 Å². The molecule has 1 N–H and O–H groups in total. The van der Waals surface area contributed by atoms with Gasteiger partial charge in [-0.2, -0.15) is 0 Å². The summed E-state index contributed by atoms with van der Waals surface area (Å²) in [6.07, 6.45) is 2.56. The first-order valence-corrected chi connectivity index (χ1v) is 8.15. The average Bonchev–Trinajstić information content (AvgIpc) is 2.37. The molecular weight excluding hydrogens is 320 g/mol. The predicted molar refractivity (Wildman–Crippen MR) is 76.9 cm³/mol. The predicted octanol–water partition coefficient (Wildman–Crippen LogP) is 2.10. The maximum Gasteiger partial charge on any atom is 0.289 e. The van der Waals surface area contributed by atoms with Crippen molar-refractivity contribution in [1.82, 2.24) is 4.72 Å². The zero-order chi connectivity index (χ0) is 15.7. The molecule has 1 aromatic carbocycles. The van der Waals surface area contributed by atoms with Crippen LogP contribution < -0.4 is 4.72 Å². The molecule has 0 amide bonds. The topological polar surface area (TPSA) is 98.5 Å². The molecule has 116 valence electrons. The highest BCUT2D eigenvalue weighted by Gasteiger charge is 2.38. The first-order valence-electron chi connectivity index (χ1n) is 6.28. The average molecular weight is 335 g/mol. The van der Waals surface area contributed by atoms with Crippen LogP contribution in [0.15, 0.2) is 23.1 Å². The number of nitro benzene ring substituents is 1. The molecule has 0 saturated heterocycles. The van der Waals surface area contributed by atoms with Crippen LogP contribution in [-0.2, 0) is 14.8 Å². The Morgan fingerprint density at radius 2 is 2.14 bits per heavy atom. The molecule has 0 bridgehead atoms. The third-order valence-electron chi connectivity index (χ3n) is 3.71. The van der Waals surface area contributed by atoms with Crippen LogP contribution in [0.25, 0.3) is 0 Å². The van der Waals surface area contributed by atoms with Crippen LogP contribution in [0, 0.1) is 10.1 Å². The van der Waals surface area contributed by atoms with E-state index in [-0.39, 0.29) is 16.5 Å². The summed E-state index contributed by atoms with van der Waals surface area (Å²) in [4.78, 5) is 9.90. The number of ether oxygens (including phenoxy) is 1. The molecule has 21 heavy (non-hydrogen) atoms. The van der Waals surface area contributed by atoms with Crippen LogP contribution in [0.3, 0.4) is 0 Å². The zero-order valence-corrected chi connectivity index (χ0v) is 12.9. The van der Waals surface area contributed by atoms with Gasteiger partial charge in [-0.3, -0.25) is 10.1 Å². The van der Waals surface area contributed by atoms with Crippen LogP contribution >= 0.6 is 11.6 Å². The molecule has 9 heteroatoms. The van der Waals surface area contributed by atoms with Crippen LogP contribution in [-0.4, -0.2) is 32.6 Å². The molecule has 1 fully saturated rings. The number of hydrogen-bond acceptors (Lipinski definition) is 5. The first kappa shape index (κ1) is 16.2. The Labute approximate surface area is 127 Å². The number of methoxy groups -OCH3 is 1. The Morgan fingerprint density at radius 3 is 2.62 bits per heavy atom. The largest absolute Gasteiger partial charge is 0.377 e. The van der Waals surface area contributed by atoms with Crippen molar-refractivity contribution in [3.63, 3.8) is 0 Å². The van der Waals surface area contributed by atoms with E-state index >= 15 is 0 Å². The number of benzene rings is 1. The molecule has 7 nitrogen and oxygen atoms in total. The van der Waals surface area contributed by atoms with Crippen molar-refractivity contribution in [2.24, 2.45) is 0 Å². The van der Waals surface area contributed by atoms with Gasteiger partial charge in [0.25, 0.3) is 5.69 Å². The number of sulfonamides is 1. The monoisotopic (exact) mass is 334 g/mol. The minimum Gasteiger partial charge on any atom is -0.377 e. The fourth-order valence-electron chi connectivity index (χ4n) is 2.13. The summed E-state index contributed by atoms with van der Waals surface area (Å²) < 4.78 is 32.1. The molecule has 0 unspecified atom stereocenters. The lowest BCUT2D eigenvalue weighted by Gasteiger charge is -2.40. The van der Waals surface area contributed by atoms with E-state index < -0.39 is 26.2 Å². The smallest absolute Gasteiger partial charge is 0.289 e. The summed E-state index contributed by atoms with van der Waals surface area (Å²) in [5.41, 5.74) is -0.907. The Morgan fingerprint density at radius 1 is 1.48 bits per heavy atom. The molecule has 0 aliphatic heterocycles. The van der Waals surface area contributed by atoms with Crippen molar-refractivity contribution < 1.29 is 18.1 Å². The number of halogens is 1. The molecule has 1 aliphatic rings. The van der Waals surface area contributed by atoms with Crippen molar-refractivity contribution in [1.29, 1.82) is 0 Å². The minimum atomic E-state index is -3.85. The van der Waals surface area contributed by atoms with Gasteiger partial charge < -0.3 is 4.74 Å². The highest BCUT2D eigenvalue weighted by atomic mass is 35.5. The van der Waals surface area contributed by atoms with Crippen LogP contribution in [0.1, 0.15) is 19.3 Å². The summed E-state index contributed by atoms with van der Waals surface area (Å²) in [6, 6.07) is 3.38. The van der Waals surface area contributed by atoms with Crippen LogP contribution in [0.4, 0.5) is 5.69 Å². The van der Waals surface area contributed by atoms with Gasteiger partial charge in [-0.15, -0.1) is 0 Å². The van der Waals surface area contributed by atoms with Gasteiger partial charge in [-0.25, -0.2) is 13.1 Å². The molecule has 1 saturated carbocycles. The Bertz CT molecular complexity index is 652. The maximum atomic E-state index is 12.2. The quantitative estimate of drug-likeness (QED) is 0.634. The number of rotatable bonds is 6. The number of nitrogens with zero attached hydrogens (tertiary/aromatic N) is 1. The highest BCUT2D eigenvalue weighted by molar-refractivity contribution is 7.89. The highest BCUT2D eigenvalue weighted by Crippen LogP contribution is 2.34. The van der Waals surface area contributed by atoms with E-state index in [1.807, 2.05) is 0 Å². The molecule has 0 atom stereocenters. The minimum absolute atomic E-state index is 0.105. The Hall–Kier alpha value is -1.22. The molecule has 0 aromatic heterocycles. The number of nitro groups is 1. The van der Waals surface area contributed by atoms with Gasteiger partial charge in [0.15, 0.2) is 0 Å². The molecule has 0 spiro atoms. The van der Waals surface area contributed by atoms with E-state index in [1.165, 1.54) is 12.1 Å². The second-order valence-corrected chi connectivity index (χ2v) is 7.11. The lowest BCUT2D eigenvalue weighted by molar-refractivity contribution is -0.384. The van der Waals surface area contributed by atoms with Gasteiger partial charge in [0.05, 0.1) is 15.4 Å². The van der Waals surface area contributed by atoms with Crippen LogP contribution in [0.5, 0.6) is 0 Å². The van der Waals surface area contributed by atoms with Crippen molar-refractivity contribution in [3.05, 3.63) is 33.3 Å². The van der Waals surface area contributed by atoms with E-state index in [9.17, 15) is 18.5 Å². The standard InChI is InChI=1S/C12H15ClN2O5S/c1-20-12(5-2-6-12)8-14-21(18,19)9-3-4-10(13)11(7-9)15(16)17/h3-4,7,14H,2,5-6,8H2,1H3. The Kier molecular flexibility index (Phi) is 4.52. The third kappa shape index (κ3) is 3.34. The normalized spacial score (nSPS) is 17.2. The molecule has 2 rings (SSSR count). The van der Waals surface area contributed by atoms with E-state index in [2.05, 4.69) is 4.72 Å². The molecule has 1 aliphatic carbocycles. The van der Waals surface area contributed by atoms with Crippen LogP contribution in [0.2, 0.25) is 5.02 Å². The molecule has 1 aromatic rings. The fourth-order valence-corrected chi connectivity index (χ4v) is 3.45. The molecular formula is C12H15ClN2O5S. The number of nitrogens with one attached hydrogen (secondary N) is 1. The van der Waals surface area contributed by atoms with Crippen molar-refractivity contribution in [2.75, 3.05) is 13.7 Å². The van der Waals surface area contributed by atoms with E-state index in [0.717, 1.165) is 25.3 Å². The van der Waals surface area contributed by atoms with E-state index in [4.69, 9.17) is 16.3 Å². The first-order chi connectivity index (χ1) is 9.80. The summed E-state index contributed by atoms with van der Waals surface area (Å²) in [7, 11) is -2.30. The van der Waals surface area contributed by atoms with Gasteiger partial charge in [-0.05, 0) is 31.4 Å². The lowest BCUT2D eigenvalue weighted by atomic mass is 9.80. The van der Waals surface area contributed by atoms with E-state index in [1.54, 1.807) is 7.11 Å². The van der Waals surface area contributed by atoms with Gasteiger partial charge in [0, 0.05) is 19.7 Å². The SMILES string of the molecule is COC1(CNS(=O)(=O)c2ccc(Cl)c([N+](=O)[O-])c2)CCC1. The van der Waals surface area contributed by atoms with Gasteiger partial charge in [-0.1, -0.05) is 11.6 Å². The summed E-state index contributed by atoms with van der Waals surface area (Å²) >= 11 is 5.67. The van der Waals surface area contributed by atoms with Gasteiger partial charge in [0.2, 0.25) is 10.0 Å². The van der Waals surface area contributed by atoms with Crippen molar-refractivity contribution >= 4 is 27.3 Å². The summed E-state index contributed by atoms with van der Waals surface area (Å²) in [6.45, 7) is 0.141. The molecule has 0 heterocycles.